The number of nitrogens with zero attached hydrogens (tertiary/aromatic N) is 1. The number of likely N-dealkylation sites (tertiary alicyclic amines) is 1. The fourth-order valence-corrected chi connectivity index (χ4v) is 7.71. The number of rotatable bonds is 11. The maximum Gasteiger partial charge on any atom is 0.259 e. The molecule has 2 bridgehead atoms. The van der Waals surface area contributed by atoms with E-state index < -0.39 is 46.3 Å². The predicted octanol–water partition coefficient (Wildman–Crippen LogP) is 4.05. The fourth-order valence-electron chi connectivity index (χ4n) is 7.71. The van der Waals surface area contributed by atoms with Crippen molar-refractivity contribution in [2.75, 3.05) is 0 Å². The van der Waals surface area contributed by atoms with Crippen LogP contribution in [0.2, 0.25) is 0 Å². The van der Waals surface area contributed by atoms with Gasteiger partial charge in [0, 0.05) is 26.2 Å². The number of amides is 4. The average Bonchev–Trinajstić information content (AvgIpc) is 3.70. The van der Waals surface area contributed by atoms with Crippen molar-refractivity contribution in [3.63, 3.8) is 0 Å². The van der Waals surface area contributed by atoms with Crippen LogP contribution in [0.1, 0.15) is 29.2 Å². The highest BCUT2D eigenvalue weighted by molar-refractivity contribution is 6.18. The molecule has 9 nitrogen and oxygen atoms in total. The molecule has 2 saturated heterocycles. The third-order valence-electron chi connectivity index (χ3n) is 9.99. The van der Waals surface area contributed by atoms with Gasteiger partial charge in [0.2, 0.25) is 17.4 Å². The molecule has 4 amide bonds. The lowest BCUT2D eigenvalue weighted by Crippen LogP contribution is -2.73. The van der Waals surface area contributed by atoms with Crippen LogP contribution < -0.4 is 16.0 Å². The highest BCUT2D eigenvalue weighted by atomic mass is 16.5. The van der Waals surface area contributed by atoms with Crippen LogP contribution in [0, 0.1) is 11.8 Å². The molecule has 9 heteroatoms. The van der Waals surface area contributed by atoms with Crippen LogP contribution in [0.3, 0.4) is 0 Å². The molecule has 3 aliphatic heterocycles. The first-order valence-corrected chi connectivity index (χ1v) is 16.5. The first-order valence-electron chi connectivity index (χ1n) is 16.5. The summed E-state index contributed by atoms with van der Waals surface area (Å²) in [5, 5.41) is 8.96. The molecule has 3 N–H and O–H groups in total. The third-order valence-corrected chi connectivity index (χ3v) is 9.99. The molecule has 1 spiro atoms. The summed E-state index contributed by atoms with van der Waals surface area (Å²) in [6.07, 6.45) is 3.41. The van der Waals surface area contributed by atoms with Gasteiger partial charge in [-0.25, -0.2) is 0 Å². The van der Waals surface area contributed by atoms with Crippen molar-refractivity contribution in [2.45, 2.75) is 49.8 Å². The highest BCUT2D eigenvalue weighted by Crippen LogP contribution is 2.63. The number of hydrogen-bond donors (Lipinski definition) is 3. The SMILES string of the molecule is C[C@]12C=C[C@]3(O1)[C@H](C(=O)N(Cc1ccccc1)C3(C(=O)NCc1ccccc1)C(=O)NCc1ccccc1)[C@@H]2C(=O)NCc1ccccc1. The summed E-state index contributed by atoms with van der Waals surface area (Å²) in [7, 11) is 0. The molecule has 3 aliphatic rings. The van der Waals surface area contributed by atoms with Crippen molar-refractivity contribution in [2.24, 2.45) is 11.8 Å². The molecule has 248 valence electrons. The van der Waals surface area contributed by atoms with E-state index in [1.807, 2.05) is 121 Å². The smallest absolute Gasteiger partial charge is 0.259 e. The zero-order valence-corrected chi connectivity index (χ0v) is 27.2. The second-order valence-electron chi connectivity index (χ2n) is 13.0. The van der Waals surface area contributed by atoms with Gasteiger partial charge in [-0.3, -0.25) is 19.2 Å². The van der Waals surface area contributed by atoms with Crippen molar-refractivity contribution in [1.29, 1.82) is 0 Å². The second kappa shape index (κ2) is 12.8. The van der Waals surface area contributed by atoms with Gasteiger partial charge in [-0.1, -0.05) is 127 Å². The fraction of sp³-hybridized carbons (Fsp3) is 0.250. The third kappa shape index (κ3) is 5.40. The Hall–Kier alpha value is -5.54. The van der Waals surface area contributed by atoms with E-state index in [9.17, 15) is 19.2 Å². The highest BCUT2D eigenvalue weighted by Gasteiger charge is 2.84. The molecule has 0 aromatic heterocycles. The van der Waals surface area contributed by atoms with E-state index in [4.69, 9.17) is 4.74 Å². The maximum absolute atomic E-state index is 15.0. The van der Waals surface area contributed by atoms with Crippen LogP contribution >= 0.6 is 0 Å². The Morgan fingerprint density at radius 1 is 0.633 bits per heavy atom. The summed E-state index contributed by atoms with van der Waals surface area (Å²) in [6, 6.07) is 37.4. The van der Waals surface area contributed by atoms with Gasteiger partial charge in [0.05, 0.1) is 17.4 Å². The van der Waals surface area contributed by atoms with Gasteiger partial charge in [0.15, 0.2) is 0 Å². The van der Waals surface area contributed by atoms with E-state index in [-0.39, 0.29) is 32.1 Å². The van der Waals surface area contributed by atoms with Crippen LogP contribution in [0.4, 0.5) is 0 Å². The van der Waals surface area contributed by atoms with E-state index in [2.05, 4.69) is 16.0 Å². The molecule has 0 unspecified atom stereocenters. The van der Waals surface area contributed by atoms with Crippen LogP contribution in [-0.4, -0.2) is 45.3 Å². The van der Waals surface area contributed by atoms with Crippen molar-refractivity contribution in [1.82, 2.24) is 20.9 Å². The average molecular weight is 655 g/mol. The lowest BCUT2D eigenvalue weighted by Gasteiger charge is -2.43. The minimum atomic E-state index is -2.20. The van der Waals surface area contributed by atoms with E-state index in [0.717, 1.165) is 22.3 Å². The summed E-state index contributed by atoms with van der Waals surface area (Å²) in [4.78, 5) is 60.4. The largest absolute Gasteiger partial charge is 0.355 e. The first kappa shape index (κ1) is 32.0. The Kier molecular flexibility index (Phi) is 8.38. The van der Waals surface area contributed by atoms with Gasteiger partial charge >= 0.3 is 0 Å². The summed E-state index contributed by atoms with van der Waals surface area (Å²) >= 11 is 0. The van der Waals surface area contributed by atoms with E-state index >= 15 is 0 Å². The van der Waals surface area contributed by atoms with E-state index in [1.165, 1.54) is 4.90 Å². The minimum Gasteiger partial charge on any atom is -0.355 e. The second-order valence-corrected chi connectivity index (χ2v) is 13.0. The van der Waals surface area contributed by atoms with Gasteiger partial charge in [0.25, 0.3) is 11.8 Å². The molecule has 2 fully saturated rings. The van der Waals surface area contributed by atoms with Crippen molar-refractivity contribution < 1.29 is 23.9 Å². The molecule has 4 atom stereocenters. The Morgan fingerprint density at radius 2 is 1.06 bits per heavy atom. The number of hydrogen-bond acceptors (Lipinski definition) is 5. The number of benzene rings is 4. The summed E-state index contributed by atoms with van der Waals surface area (Å²) in [5.74, 6) is -4.41. The van der Waals surface area contributed by atoms with Gasteiger partial charge < -0.3 is 25.6 Å². The molecule has 0 saturated carbocycles. The molecule has 7 rings (SSSR count). The summed E-state index contributed by atoms with van der Waals surface area (Å²) < 4.78 is 6.80. The molecule has 0 aliphatic carbocycles. The molecule has 3 heterocycles. The lowest BCUT2D eigenvalue weighted by atomic mass is 9.65. The zero-order chi connectivity index (χ0) is 34.1. The van der Waals surface area contributed by atoms with Crippen LogP contribution in [-0.2, 0) is 50.1 Å². The van der Waals surface area contributed by atoms with Crippen molar-refractivity contribution in [3.05, 3.63) is 156 Å². The summed E-state index contributed by atoms with van der Waals surface area (Å²) in [6.45, 7) is 2.17. The molecule has 49 heavy (non-hydrogen) atoms. The van der Waals surface area contributed by atoms with Gasteiger partial charge in [-0.05, 0) is 35.3 Å². The first-order chi connectivity index (χ1) is 23.8. The van der Waals surface area contributed by atoms with Crippen molar-refractivity contribution >= 4 is 23.6 Å². The number of fused-ring (bicyclic) bond motifs is 1. The quantitative estimate of drug-likeness (QED) is 0.167. The molecular formula is C40H38N4O5. The zero-order valence-electron chi connectivity index (χ0n) is 27.2. The molecule has 4 aromatic rings. The van der Waals surface area contributed by atoms with Crippen molar-refractivity contribution in [3.8, 4) is 0 Å². The predicted molar refractivity (Wildman–Crippen MR) is 183 cm³/mol. The topological polar surface area (TPSA) is 117 Å². The van der Waals surface area contributed by atoms with Crippen LogP contribution in [0.25, 0.3) is 0 Å². The molecule has 0 radical (unpaired) electrons. The lowest BCUT2D eigenvalue weighted by molar-refractivity contribution is -0.167. The number of carbonyl (C=O) groups excluding carboxylic acids is 4. The normalized spacial score (nSPS) is 24.3. The minimum absolute atomic E-state index is 0.0539. The Labute approximate surface area is 285 Å². The molecule has 4 aromatic carbocycles. The van der Waals surface area contributed by atoms with Crippen LogP contribution in [0.5, 0.6) is 0 Å². The number of nitrogens with one attached hydrogen (secondary N) is 3. The number of ether oxygens (including phenoxy) is 1. The Balaban J connectivity index is 1.33. The van der Waals surface area contributed by atoms with Crippen LogP contribution in [0.15, 0.2) is 133 Å². The van der Waals surface area contributed by atoms with Gasteiger partial charge in [-0.15, -0.1) is 0 Å². The standard InChI is InChI=1S/C40H38N4O5/c1-38-22-23-39(49-38)33(32(38)34(45)41-24-28-14-6-2-7-15-28)35(46)44(27-31-20-12-5-13-21-31)40(39,36(47)42-25-29-16-8-3-9-17-29)37(48)43-26-30-18-10-4-11-19-30/h2-23,32-33H,24-27H2,1H3,(H,41,45)(H,42,47)(H,43,48)/t32-,33+,38-,39+/m1/s1. The maximum atomic E-state index is 15.0. The number of carbonyl (C=O) groups is 4. The van der Waals surface area contributed by atoms with E-state index in [1.54, 1.807) is 19.1 Å². The molecular weight excluding hydrogens is 616 g/mol. The van der Waals surface area contributed by atoms with Gasteiger partial charge in [-0.2, -0.15) is 0 Å². The summed E-state index contributed by atoms with van der Waals surface area (Å²) in [5.41, 5.74) is -1.96. The van der Waals surface area contributed by atoms with Gasteiger partial charge in [0.1, 0.15) is 5.60 Å². The Morgan fingerprint density at radius 3 is 1.53 bits per heavy atom. The Bertz CT molecular complexity index is 1830. The van der Waals surface area contributed by atoms with E-state index in [0.29, 0.717) is 0 Å². The monoisotopic (exact) mass is 654 g/mol.